The molecule has 7 rings (SSSR count). The van der Waals surface area contributed by atoms with E-state index < -0.39 is 74.7 Å². The Bertz CT molecular complexity index is 2270. The molecule has 7 atom stereocenters. The summed E-state index contributed by atoms with van der Waals surface area (Å²) >= 11 is 6.49. The van der Waals surface area contributed by atoms with Crippen molar-refractivity contribution in [1.82, 2.24) is 25.2 Å². The number of fused-ring (bicyclic) bond motifs is 3. The van der Waals surface area contributed by atoms with Crippen LogP contribution in [0.15, 0.2) is 54.6 Å². The van der Waals surface area contributed by atoms with Crippen LogP contribution in [0.2, 0.25) is 5.02 Å². The maximum absolute atomic E-state index is 14.6. The van der Waals surface area contributed by atoms with Gasteiger partial charge in [-0.2, -0.15) is 0 Å². The van der Waals surface area contributed by atoms with E-state index >= 15 is 0 Å². The van der Waals surface area contributed by atoms with Crippen LogP contribution >= 0.6 is 11.6 Å². The van der Waals surface area contributed by atoms with E-state index in [1.54, 1.807) is 44.4 Å². The highest BCUT2D eigenvalue weighted by molar-refractivity contribution is 7.91. The molecule has 2 aliphatic carbocycles. The number of amides is 4. The summed E-state index contributed by atoms with van der Waals surface area (Å²) in [5.74, 6) is -1.68. The second-order valence-corrected chi connectivity index (χ2v) is 18.3. The Hall–Kier alpha value is -5.09. The summed E-state index contributed by atoms with van der Waals surface area (Å²) in [6, 6.07) is 10.1. The normalized spacial score (nSPS) is 27.6. The SMILES string of the molecule is COc1ccc2c(O[C@@H]3C[C@H]4C(=O)N[C@]5(C(=O)NS(=O)(=O)C6CC6)C[C@H]5C=CCC[C@@H](C)C[C@@H](C)[C@H](NC(=O)O)C(=O)N4C3)nc(-c3ccc(OC)c(Cl)c3)cc2c1. The maximum atomic E-state index is 14.6. The van der Waals surface area contributed by atoms with Crippen LogP contribution in [-0.2, 0) is 24.4 Å². The summed E-state index contributed by atoms with van der Waals surface area (Å²) in [5, 5.41) is 16.2. The molecule has 2 aromatic carbocycles. The molecule has 4 amide bonds. The van der Waals surface area contributed by atoms with Gasteiger partial charge in [-0.3, -0.25) is 19.1 Å². The fraction of sp³-hybridized carbons (Fsp3) is 0.488. The van der Waals surface area contributed by atoms with Gasteiger partial charge in [0.05, 0.1) is 36.7 Å². The minimum absolute atomic E-state index is 0.0430. The number of methoxy groups -OCH3 is 2. The Morgan fingerprint density at radius 3 is 2.50 bits per heavy atom. The molecular formula is C41H48ClN5O10S. The summed E-state index contributed by atoms with van der Waals surface area (Å²) in [5.41, 5.74) is -0.385. The van der Waals surface area contributed by atoms with E-state index in [0.29, 0.717) is 58.8 Å². The number of benzene rings is 2. The maximum Gasteiger partial charge on any atom is 0.405 e. The van der Waals surface area contributed by atoms with E-state index in [4.69, 9.17) is 30.8 Å². The van der Waals surface area contributed by atoms with Crippen molar-refractivity contribution in [2.24, 2.45) is 17.8 Å². The van der Waals surface area contributed by atoms with E-state index in [0.717, 1.165) is 11.8 Å². The smallest absolute Gasteiger partial charge is 0.405 e. The number of allylic oxidation sites excluding steroid dienone is 1. The summed E-state index contributed by atoms with van der Waals surface area (Å²) in [7, 11) is -0.864. The first-order valence-electron chi connectivity index (χ1n) is 19.5. The summed E-state index contributed by atoms with van der Waals surface area (Å²) in [6.07, 6.45) is 4.45. The molecule has 1 aromatic heterocycles. The quantitative estimate of drug-likeness (QED) is 0.210. The van der Waals surface area contributed by atoms with Crippen molar-refractivity contribution in [1.29, 1.82) is 0 Å². The first kappa shape index (κ1) is 41.1. The second-order valence-electron chi connectivity index (χ2n) is 15.9. The monoisotopic (exact) mass is 837 g/mol. The van der Waals surface area contributed by atoms with E-state index in [9.17, 15) is 32.7 Å². The molecule has 0 bridgehead atoms. The molecule has 0 spiro atoms. The Morgan fingerprint density at radius 1 is 1.03 bits per heavy atom. The predicted octanol–water partition coefficient (Wildman–Crippen LogP) is 5.05. The van der Waals surface area contributed by atoms with Crippen molar-refractivity contribution in [2.75, 3.05) is 20.8 Å². The van der Waals surface area contributed by atoms with Gasteiger partial charge in [0.15, 0.2) is 0 Å². The lowest BCUT2D eigenvalue weighted by atomic mass is 9.88. The van der Waals surface area contributed by atoms with E-state index in [2.05, 4.69) is 15.4 Å². The third-order valence-corrected chi connectivity index (χ3v) is 13.7. The van der Waals surface area contributed by atoms with Gasteiger partial charge >= 0.3 is 6.09 Å². The molecule has 2 aliphatic heterocycles. The molecule has 3 aromatic rings. The number of rotatable bonds is 9. The number of sulfonamides is 1. The molecule has 0 radical (unpaired) electrons. The molecule has 4 N–H and O–H groups in total. The zero-order chi connectivity index (χ0) is 41.5. The summed E-state index contributed by atoms with van der Waals surface area (Å²) < 4.78 is 45.4. The lowest BCUT2D eigenvalue weighted by Gasteiger charge is -2.32. The first-order chi connectivity index (χ1) is 27.6. The van der Waals surface area contributed by atoms with Gasteiger partial charge in [0.2, 0.25) is 27.7 Å². The topological polar surface area (TPSA) is 203 Å². The van der Waals surface area contributed by atoms with Crippen molar-refractivity contribution in [3.63, 3.8) is 0 Å². The van der Waals surface area contributed by atoms with Crippen LogP contribution < -0.4 is 29.6 Å². The van der Waals surface area contributed by atoms with Crippen LogP contribution in [-0.4, -0.2) is 97.0 Å². The zero-order valence-electron chi connectivity index (χ0n) is 32.7. The fourth-order valence-electron chi connectivity index (χ4n) is 8.18. The Kier molecular flexibility index (Phi) is 11.5. The average Bonchev–Trinajstić information content (AvgIpc) is 4.11. The number of nitrogens with zero attached hydrogens (tertiary/aromatic N) is 2. The van der Waals surface area contributed by atoms with Crippen LogP contribution in [0.25, 0.3) is 22.0 Å². The van der Waals surface area contributed by atoms with Gasteiger partial charge in [0.1, 0.15) is 35.2 Å². The van der Waals surface area contributed by atoms with E-state index in [1.807, 2.05) is 31.2 Å². The number of carbonyl (C=O) groups is 4. The number of aromatic nitrogens is 1. The van der Waals surface area contributed by atoms with Crippen molar-refractivity contribution in [2.45, 2.75) is 87.8 Å². The Labute approximate surface area is 341 Å². The fourth-order valence-corrected chi connectivity index (χ4v) is 9.80. The largest absolute Gasteiger partial charge is 0.497 e. The van der Waals surface area contributed by atoms with Gasteiger partial charge in [-0.1, -0.05) is 37.6 Å². The van der Waals surface area contributed by atoms with Gasteiger partial charge in [-0.25, -0.2) is 18.2 Å². The highest BCUT2D eigenvalue weighted by Gasteiger charge is 2.62. The molecule has 310 valence electrons. The summed E-state index contributed by atoms with van der Waals surface area (Å²) in [6.45, 7) is 3.71. The number of nitrogens with one attached hydrogen (secondary N) is 3. The molecule has 0 unspecified atom stereocenters. The summed E-state index contributed by atoms with van der Waals surface area (Å²) in [4.78, 5) is 61.2. The average molecular weight is 838 g/mol. The van der Waals surface area contributed by atoms with Crippen molar-refractivity contribution >= 4 is 56.2 Å². The zero-order valence-corrected chi connectivity index (χ0v) is 34.3. The van der Waals surface area contributed by atoms with Crippen LogP contribution in [0.1, 0.15) is 58.8 Å². The molecular weight excluding hydrogens is 790 g/mol. The third-order valence-electron chi connectivity index (χ3n) is 11.6. The standard InChI is InChI=1S/C41H48ClN5O10S/c1-22-7-5-6-8-26-20-41(26,39(50)46-58(53,54)29-11-12-29)45-36(48)33-19-28(21-47(33)38(49)35(23(2)15-22)44-40(51)52)57-37-30-13-10-27(55-3)16-25(30)18-32(43-37)24-9-14-34(56-4)31(42)17-24/h6,8-10,13-14,16-18,22-23,26,28-29,33,35,44H,5,7,11-12,15,19-21H2,1-4H3,(H,45,48)(H,46,50)(H,51,52)/t22-,23-,26-,28-,33+,35+,41-/m1/s1. The third kappa shape index (κ3) is 8.53. The molecule has 17 heteroatoms. The number of pyridine rings is 1. The lowest BCUT2D eigenvalue weighted by molar-refractivity contribution is -0.142. The Balaban J connectivity index is 1.25. The molecule has 3 fully saturated rings. The lowest BCUT2D eigenvalue weighted by Crippen LogP contribution is -2.59. The van der Waals surface area contributed by atoms with Crippen LogP contribution in [0.4, 0.5) is 4.79 Å². The van der Waals surface area contributed by atoms with Crippen molar-refractivity contribution in [3.05, 3.63) is 59.6 Å². The van der Waals surface area contributed by atoms with Crippen LogP contribution in [0.5, 0.6) is 17.4 Å². The molecule has 2 saturated carbocycles. The van der Waals surface area contributed by atoms with Gasteiger partial charge in [-0.15, -0.1) is 0 Å². The number of hydrogen-bond acceptors (Lipinski definition) is 10. The van der Waals surface area contributed by atoms with Gasteiger partial charge in [0, 0.05) is 23.3 Å². The second kappa shape index (κ2) is 16.3. The molecule has 1 saturated heterocycles. The highest BCUT2D eigenvalue weighted by Crippen LogP contribution is 2.46. The number of ether oxygens (including phenoxy) is 3. The molecule has 58 heavy (non-hydrogen) atoms. The molecule has 15 nitrogen and oxygen atoms in total. The molecule has 4 aliphatic rings. The molecule has 3 heterocycles. The minimum Gasteiger partial charge on any atom is -0.497 e. The minimum atomic E-state index is -3.94. The number of carboxylic acid groups (broad SMARTS) is 1. The number of halogens is 1. The van der Waals surface area contributed by atoms with E-state index in [-0.39, 0.29) is 31.2 Å². The van der Waals surface area contributed by atoms with Crippen molar-refractivity contribution < 1.29 is 46.9 Å². The van der Waals surface area contributed by atoms with E-state index in [1.165, 1.54) is 12.0 Å². The highest BCUT2D eigenvalue weighted by atomic mass is 35.5. The predicted molar refractivity (Wildman–Crippen MR) is 215 cm³/mol. The Morgan fingerprint density at radius 2 is 1.81 bits per heavy atom. The van der Waals surface area contributed by atoms with Gasteiger partial charge in [0.25, 0.3) is 5.91 Å². The number of hydrogen-bond donors (Lipinski definition) is 4. The van der Waals surface area contributed by atoms with Crippen LogP contribution in [0, 0.1) is 17.8 Å². The van der Waals surface area contributed by atoms with Gasteiger partial charge in [-0.05, 0) is 98.2 Å². The number of carbonyl (C=O) groups excluding carboxylic acids is 3. The first-order valence-corrected chi connectivity index (χ1v) is 21.4. The van der Waals surface area contributed by atoms with Crippen molar-refractivity contribution in [3.8, 4) is 28.6 Å². The van der Waals surface area contributed by atoms with Crippen LogP contribution in [0.3, 0.4) is 0 Å². The van der Waals surface area contributed by atoms with Gasteiger partial charge < -0.3 is 34.9 Å².